The molecule has 244 valence electrons. The van der Waals surface area contributed by atoms with Crippen molar-refractivity contribution in [3.05, 3.63) is 169 Å². The number of benzene rings is 5. The van der Waals surface area contributed by atoms with Crippen molar-refractivity contribution < 1.29 is 8.42 Å². The monoisotopic (exact) mass is 664 g/mol. The summed E-state index contributed by atoms with van der Waals surface area (Å²) < 4.78 is 25.5. The summed E-state index contributed by atoms with van der Waals surface area (Å²) in [5.74, 6) is 0.768. The van der Waals surface area contributed by atoms with Crippen LogP contribution >= 0.6 is 0 Å². The van der Waals surface area contributed by atoms with E-state index in [4.69, 9.17) is 5.10 Å². The predicted molar refractivity (Wildman–Crippen MR) is 197 cm³/mol. The Morgan fingerprint density at radius 1 is 0.673 bits per heavy atom. The number of anilines is 2. The highest BCUT2D eigenvalue weighted by Crippen LogP contribution is 2.41. The average molecular weight is 665 g/mol. The molecule has 2 heterocycles. The SMILES string of the molecule is CS(=O)(=O)c1ccc(NCCCNc2ncnc3ccc(-c4cnn(C(c5ccccc5)(c5ccccc5)c5ccccc5)c4)cc23)cc1. The molecule has 0 unspecified atom stereocenters. The Morgan fingerprint density at radius 2 is 1.27 bits per heavy atom. The zero-order valence-corrected chi connectivity index (χ0v) is 27.9. The summed E-state index contributed by atoms with van der Waals surface area (Å²) in [7, 11) is -3.21. The lowest BCUT2D eigenvalue weighted by Crippen LogP contribution is -2.38. The number of nitrogens with zero attached hydrogens (tertiary/aromatic N) is 4. The number of hydrogen-bond acceptors (Lipinski definition) is 7. The van der Waals surface area contributed by atoms with E-state index < -0.39 is 15.4 Å². The maximum atomic E-state index is 11.7. The Hall–Kier alpha value is -5.80. The van der Waals surface area contributed by atoms with Crippen LogP contribution in [-0.2, 0) is 15.4 Å². The van der Waals surface area contributed by atoms with E-state index in [-0.39, 0.29) is 0 Å². The maximum Gasteiger partial charge on any atom is 0.175 e. The molecule has 9 heteroatoms. The Labute approximate surface area is 286 Å². The van der Waals surface area contributed by atoms with Crippen LogP contribution in [0.3, 0.4) is 0 Å². The topological polar surface area (TPSA) is 102 Å². The van der Waals surface area contributed by atoms with Crippen LogP contribution in [0.2, 0.25) is 0 Å². The van der Waals surface area contributed by atoms with E-state index in [1.165, 1.54) is 6.26 Å². The van der Waals surface area contributed by atoms with Crippen molar-refractivity contribution >= 4 is 32.2 Å². The standard InChI is InChI=1S/C40H36N6O2S/c1-49(47,48)36-21-19-35(20-22-36)41-24-11-25-42-39-37-26-30(18-23-38(37)43-29-44-39)31-27-45-46(28-31)40(32-12-5-2-6-13-32,33-14-7-3-8-15-33)34-16-9-4-10-17-34/h2-10,12-23,26-29,41H,11,24-25H2,1H3,(H,42,43,44). The molecule has 2 aromatic heterocycles. The quantitative estimate of drug-likeness (QED) is 0.102. The summed E-state index contributed by atoms with van der Waals surface area (Å²) in [6, 6.07) is 44.6. The summed E-state index contributed by atoms with van der Waals surface area (Å²) in [5.41, 5.74) is 6.36. The highest BCUT2D eigenvalue weighted by atomic mass is 32.2. The van der Waals surface area contributed by atoms with Crippen LogP contribution in [0.25, 0.3) is 22.0 Å². The molecule has 2 N–H and O–H groups in total. The molecule has 0 radical (unpaired) electrons. The second-order valence-electron chi connectivity index (χ2n) is 11.9. The number of nitrogens with one attached hydrogen (secondary N) is 2. The molecule has 0 aliphatic rings. The zero-order valence-electron chi connectivity index (χ0n) is 27.1. The summed E-state index contributed by atoms with van der Waals surface area (Å²) in [5, 5.41) is 12.8. The second-order valence-corrected chi connectivity index (χ2v) is 14.0. The molecular weight excluding hydrogens is 629 g/mol. The molecule has 5 aromatic carbocycles. The van der Waals surface area contributed by atoms with Gasteiger partial charge < -0.3 is 10.6 Å². The van der Waals surface area contributed by atoms with Gasteiger partial charge in [-0.3, -0.25) is 4.68 Å². The molecule has 7 aromatic rings. The first-order valence-corrected chi connectivity index (χ1v) is 18.1. The lowest BCUT2D eigenvalue weighted by molar-refractivity contribution is 0.460. The van der Waals surface area contributed by atoms with E-state index in [2.05, 4.69) is 116 Å². The zero-order chi connectivity index (χ0) is 33.7. The van der Waals surface area contributed by atoms with Crippen LogP contribution in [-0.4, -0.2) is 47.5 Å². The molecule has 7 rings (SSSR count). The van der Waals surface area contributed by atoms with E-state index in [1.54, 1.807) is 30.6 Å². The third-order valence-corrected chi connectivity index (χ3v) is 9.86. The normalized spacial score (nSPS) is 11.8. The molecule has 0 saturated heterocycles. The average Bonchev–Trinajstić information content (AvgIpc) is 3.63. The molecule has 0 spiro atoms. The highest BCUT2D eigenvalue weighted by Gasteiger charge is 2.39. The first kappa shape index (κ1) is 31.8. The van der Waals surface area contributed by atoms with Gasteiger partial charge in [0.05, 0.1) is 16.6 Å². The first-order valence-electron chi connectivity index (χ1n) is 16.2. The van der Waals surface area contributed by atoms with Crippen molar-refractivity contribution in [1.29, 1.82) is 0 Å². The van der Waals surface area contributed by atoms with Crippen molar-refractivity contribution in [2.24, 2.45) is 0 Å². The van der Waals surface area contributed by atoms with Gasteiger partial charge in [0.2, 0.25) is 0 Å². The van der Waals surface area contributed by atoms with Gasteiger partial charge in [0.15, 0.2) is 9.84 Å². The molecule has 8 nitrogen and oxygen atoms in total. The van der Waals surface area contributed by atoms with E-state index >= 15 is 0 Å². The maximum absolute atomic E-state index is 11.7. The lowest BCUT2D eigenvalue weighted by Gasteiger charge is -2.36. The van der Waals surface area contributed by atoms with Gasteiger partial charge in [-0.25, -0.2) is 18.4 Å². The molecule has 0 saturated carbocycles. The minimum absolute atomic E-state index is 0.310. The van der Waals surface area contributed by atoms with Crippen molar-refractivity contribution in [2.45, 2.75) is 16.9 Å². The Kier molecular flexibility index (Phi) is 8.91. The van der Waals surface area contributed by atoms with Gasteiger partial charge in [0.1, 0.15) is 17.7 Å². The van der Waals surface area contributed by atoms with Gasteiger partial charge in [-0.05, 0) is 65.1 Å². The van der Waals surface area contributed by atoms with Crippen molar-refractivity contribution in [2.75, 3.05) is 30.0 Å². The van der Waals surface area contributed by atoms with Crippen LogP contribution < -0.4 is 10.6 Å². The minimum Gasteiger partial charge on any atom is -0.385 e. The number of fused-ring (bicyclic) bond motifs is 1. The Morgan fingerprint density at radius 3 is 1.86 bits per heavy atom. The van der Waals surface area contributed by atoms with Gasteiger partial charge >= 0.3 is 0 Å². The van der Waals surface area contributed by atoms with E-state index in [0.29, 0.717) is 18.0 Å². The van der Waals surface area contributed by atoms with E-state index in [9.17, 15) is 8.42 Å². The smallest absolute Gasteiger partial charge is 0.175 e. The van der Waals surface area contributed by atoms with Crippen molar-refractivity contribution in [1.82, 2.24) is 19.7 Å². The lowest BCUT2D eigenvalue weighted by atomic mass is 9.77. The Bertz CT molecular complexity index is 2180. The second kappa shape index (κ2) is 13.7. The first-order chi connectivity index (χ1) is 23.9. The minimum atomic E-state index is -3.21. The van der Waals surface area contributed by atoms with Crippen LogP contribution in [0.15, 0.2) is 157 Å². The predicted octanol–water partition coefficient (Wildman–Crippen LogP) is 7.65. The fourth-order valence-corrected chi connectivity index (χ4v) is 6.95. The number of aromatic nitrogens is 4. The third-order valence-electron chi connectivity index (χ3n) is 8.73. The molecule has 0 aliphatic heterocycles. The van der Waals surface area contributed by atoms with Gasteiger partial charge in [0, 0.05) is 42.2 Å². The van der Waals surface area contributed by atoms with E-state index in [0.717, 1.165) is 56.6 Å². The number of rotatable bonds is 12. The van der Waals surface area contributed by atoms with Crippen molar-refractivity contribution in [3.63, 3.8) is 0 Å². The number of hydrogen-bond donors (Lipinski definition) is 2. The summed E-state index contributed by atoms with van der Waals surface area (Å²) in [6.45, 7) is 1.40. The molecule has 0 fully saturated rings. The van der Waals surface area contributed by atoms with Crippen molar-refractivity contribution in [3.8, 4) is 11.1 Å². The van der Waals surface area contributed by atoms with Crippen LogP contribution in [0, 0.1) is 0 Å². The molecule has 0 aliphatic carbocycles. The van der Waals surface area contributed by atoms with Gasteiger partial charge in [-0.1, -0.05) is 97.1 Å². The summed E-state index contributed by atoms with van der Waals surface area (Å²) in [6.07, 6.45) is 7.67. The molecule has 49 heavy (non-hydrogen) atoms. The fraction of sp³-hybridized carbons (Fsp3) is 0.125. The van der Waals surface area contributed by atoms with Gasteiger partial charge in [0.25, 0.3) is 0 Å². The van der Waals surface area contributed by atoms with E-state index in [1.807, 2.05) is 30.5 Å². The largest absolute Gasteiger partial charge is 0.385 e. The van der Waals surface area contributed by atoms with Crippen LogP contribution in [0.5, 0.6) is 0 Å². The Balaban J connectivity index is 1.16. The van der Waals surface area contributed by atoms with Crippen LogP contribution in [0.4, 0.5) is 11.5 Å². The fourth-order valence-electron chi connectivity index (χ4n) is 6.32. The highest BCUT2D eigenvalue weighted by molar-refractivity contribution is 7.90. The summed E-state index contributed by atoms with van der Waals surface area (Å²) in [4.78, 5) is 9.40. The molecular formula is C40H36N6O2S. The number of sulfone groups is 1. The molecule has 0 atom stereocenters. The summed E-state index contributed by atoms with van der Waals surface area (Å²) >= 11 is 0. The van der Waals surface area contributed by atoms with Crippen LogP contribution in [0.1, 0.15) is 23.1 Å². The van der Waals surface area contributed by atoms with Gasteiger partial charge in [-0.2, -0.15) is 5.10 Å². The third kappa shape index (κ3) is 6.53. The molecule has 0 amide bonds. The molecule has 0 bridgehead atoms. The van der Waals surface area contributed by atoms with Gasteiger partial charge in [-0.15, -0.1) is 0 Å².